The van der Waals surface area contributed by atoms with Gasteiger partial charge >= 0.3 is 0 Å². The van der Waals surface area contributed by atoms with Crippen molar-refractivity contribution in [3.8, 4) is 22.6 Å². The second-order valence-electron chi connectivity index (χ2n) is 8.00. The molecule has 0 fully saturated rings. The van der Waals surface area contributed by atoms with Crippen LogP contribution < -0.4 is 15.4 Å². The number of carbonyl (C=O) groups is 1. The van der Waals surface area contributed by atoms with Gasteiger partial charge in [0, 0.05) is 25.3 Å². The summed E-state index contributed by atoms with van der Waals surface area (Å²) < 4.78 is 6.29. The minimum atomic E-state index is -0.768. The van der Waals surface area contributed by atoms with Crippen LogP contribution in [0.4, 0.5) is 5.69 Å². The molecule has 1 aliphatic rings. The van der Waals surface area contributed by atoms with Crippen molar-refractivity contribution in [3.05, 3.63) is 77.9 Å². The van der Waals surface area contributed by atoms with Gasteiger partial charge in [0.2, 0.25) is 0 Å². The number of benzene rings is 3. The number of carbonyl (C=O) groups excluding carboxylic acids is 1. The van der Waals surface area contributed by atoms with Crippen LogP contribution in [0, 0.1) is 0 Å². The van der Waals surface area contributed by atoms with Crippen molar-refractivity contribution in [2.24, 2.45) is 5.73 Å². The standard InChI is InChI=1S/C25H26N2O2/c1-27(2)21-7-5-6-19(14-21)23-8-3-4-9-24(23)29-22-11-10-18-12-13-25(26,17-28)16-20(18)15-22/h3-11,14-15,17H,12-13,16,26H2,1-2H3. The lowest BCUT2D eigenvalue weighted by molar-refractivity contribution is -0.112. The van der Waals surface area contributed by atoms with Crippen LogP contribution in [-0.2, 0) is 17.6 Å². The van der Waals surface area contributed by atoms with Gasteiger partial charge in [0.1, 0.15) is 17.8 Å². The van der Waals surface area contributed by atoms with E-state index in [4.69, 9.17) is 10.5 Å². The van der Waals surface area contributed by atoms with Gasteiger partial charge in [0.05, 0.1) is 5.54 Å². The molecule has 1 aliphatic carbocycles. The molecule has 0 radical (unpaired) electrons. The molecule has 0 saturated heterocycles. The van der Waals surface area contributed by atoms with E-state index in [-0.39, 0.29) is 0 Å². The summed E-state index contributed by atoms with van der Waals surface area (Å²) in [5.41, 5.74) is 11.0. The number of rotatable bonds is 5. The molecule has 0 bridgehead atoms. The van der Waals surface area contributed by atoms with E-state index in [1.165, 1.54) is 5.56 Å². The molecule has 148 valence electrons. The first-order chi connectivity index (χ1) is 14.0. The molecule has 4 heteroatoms. The molecule has 3 aromatic rings. The third kappa shape index (κ3) is 4.03. The van der Waals surface area contributed by atoms with Gasteiger partial charge in [0.25, 0.3) is 0 Å². The van der Waals surface area contributed by atoms with Gasteiger partial charge in [-0.3, -0.25) is 0 Å². The van der Waals surface area contributed by atoms with Crippen molar-refractivity contribution in [1.29, 1.82) is 0 Å². The fraction of sp³-hybridized carbons (Fsp3) is 0.240. The zero-order valence-electron chi connectivity index (χ0n) is 16.9. The Hall–Kier alpha value is -3.11. The molecule has 0 amide bonds. The van der Waals surface area contributed by atoms with Crippen molar-refractivity contribution < 1.29 is 9.53 Å². The second-order valence-corrected chi connectivity index (χ2v) is 8.00. The monoisotopic (exact) mass is 386 g/mol. The summed E-state index contributed by atoms with van der Waals surface area (Å²) in [6.45, 7) is 0. The van der Waals surface area contributed by atoms with Crippen LogP contribution in [0.1, 0.15) is 17.5 Å². The smallest absolute Gasteiger partial charge is 0.140 e. The highest BCUT2D eigenvalue weighted by atomic mass is 16.5. The molecule has 0 saturated carbocycles. The summed E-state index contributed by atoms with van der Waals surface area (Å²) in [4.78, 5) is 13.5. The van der Waals surface area contributed by atoms with Crippen LogP contribution in [0.3, 0.4) is 0 Å². The molecule has 0 aliphatic heterocycles. The molecule has 0 heterocycles. The number of para-hydroxylation sites is 1. The average Bonchev–Trinajstić information content (AvgIpc) is 2.74. The number of nitrogens with zero attached hydrogens (tertiary/aromatic N) is 1. The van der Waals surface area contributed by atoms with Gasteiger partial charge in [-0.1, -0.05) is 36.4 Å². The maximum absolute atomic E-state index is 11.4. The molecular weight excluding hydrogens is 360 g/mol. The van der Waals surface area contributed by atoms with Gasteiger partial charge in [0.15, 0.2) is 0 Å². The Bertz CT molecular complexity index is 1040. The van der Waals surface area contributed by atoms with Crippen LogP contribution >= 0.6 is 0 Å². The first-order valence-corrected chi connectivity index (χ1v) is 9.89. The lowest BCUT2D eigenvalue weighted by Crippen LogP contribution is -2.46. The minimum absolute atomic E-state index is 0.551. The van der Waals surface area contributed by atoms with Crippen molar-refractivity contribution in [1.82, 2.24) is 0 Å². The average molecular weight is 386 g/mol. The Kier molecular flexibility index (Phi) is 5.12. The van der Waals surface area contributed by atoms with Gasteiger partial charge in [-0.05, 0) is 66.3 Å². The third-order valence-electron chi connectivity index (χ3n) is 5.58. The molecule has 3 aromatic carbocycles. The summed E-state index contributed by atoms with van der Waals surface area (Å²) >= 11 is 0. The Labute approximate surface area is 171 Å². The highest BCUT2D eigenvalue weighted by Crippen LogP contribution is 2.36. The van der Waals surface area contributed by atoms with Gasteiger partial charge in [-0.2, -0.15) is 0 Å². The van der Waals surface area contributed by atoms with Crippen LogP contribution in [0.5, 0.6) is 11.5 Å². The van der Waals surface area contributed by atoms with Crippen molar-refractivity contribution in [2.45, 2.75) is 24.8 Å². The van der Waals surface area contributed by atoms with E-state index < -0.39 is 5.54 Å². The molecule has 4 nitrogen and oxygen atoms in total. The second kappa shape index (κ2) is 7.72. The van der Waals surface area contributed by atoms with Crippen LogP contribution in [-0.4, -0.2) is 25.9 Å². The molecule has 0 spiro atoms. The fourth-order valence-corrected chi connectivity index (χ4v) is 3.86. The van der Waals surface area contributed by atoms with Gasteiger partial charge in [-0.15, -0.1) is 0 Å². The van der Waals surface area contributed by atoms with Gasteiger partial charge in [-0.25, -0.2) is 0 Å². The normalized spacial score (nSPS) is 18.0. The zero-order valence-corrected chi connectivity index (χ0v) is 16.9. The van der Waals surface area contributed by atoms with Crippen LogP contribution in [0.2, 0.25) is 0 Å². The number of anilines is 1. The summed E-state index contributed by atoms with van der Waals surface area (Å²) in [5.74, 6) is 1.56. The Balaban J connectivity index is 1.66. The van der Waals surface area contributed by atoms with Crippen LogP contribution in [0.25, 0.3) is 11.1 Å². The van der Waals surface area contributed by atoms with Crippen molar-refractivity contribution >= 4 is 12.0 Å². The molecule has 4 rings (SSSR count). The van der Waals surface area contributed by atoms with E-state index in [0.717, 1.165) is 46.6 Å². The number of fused-ring (bicyclic) bond motifs is 1. The first-order valence-electron chi connectivity index (χ1n) is 9.89. The van der Waals surface area contributed by atoms with E-state index in [9.17, 15) is 4.79 Å². The first kappa shape index (κ1) is 19.2. The van der Waals surface area contributed by atoms with E-state index in [1.807, 2.05) is 44.4 Å². The van der Waals surface area contributed by atoms with Crippen molar-refractivity contribution in [3.63, 3.8) is 0 Å². The molecule has 2 N–H and O–H groups in total. The molecule has 1 unspecified atom stereocenters. The van der Waals surface area contributed by atoms with E-state index >= 15 is 0 Å². The zero-order chi connectivity index (χ0) is 20.4. The van der Waals surface area contributed by atoms with E-state index in [2.05, 4.69) is 41.3 Å². The highest BCUT2D eigenvalue weighted by Gasteiger charge is 2.30. The van der Waals surface area contributed by atoms with Crippen LogP contribution in [0.15, 0.2) is 66.7 Å². The lowest BCUT2D eigenvalue weighted by Gasteiger charge is -2.29. The lowest BCUT2D eigenvalue weighted by atomic mass is 9.79. The summed E-state index contributed by atoms with van der Waals surface area (Å²) in [7, 11) is 4.07. The summed E-state index contributed by atoms with van der Waals surface area (Å²) in [6, 6.07) is 22.5. The third-order valence-corrected chi connectivity index (χ3v) is 5.58. The van der Waals surface area contributed by atoms with Gasteiger partial charge < -0.3 is 20.2 Å². The Morgan fingerprint density at radius 1 is 1.00 bits per heavy atom. The number of aryl methyl sites for hydroxylation is 1. The maximum Gasteiger partial charge on any atom is 0.140 e. The number of hydrogen-bond donors (Lipinski definition) is 1. The molecular formula is C25H26N2O2. The molecule has 0 aromatic heterocycles. The Morgan fingerprint density at radius 3 is 2.62 bits per heavy atom. The predicted molar refractivity (Wildman–Crippen MR) is 118 cm³/mol. The minimum Gasteiger partial charge on any atom is -0.457 e. The number of ether oxygens (including phenoxy) is 1. The fourth-order valence-electron chi connectivity index (χ4n) is 3.86. The SMILES string of the molecule is CN(C)c1cccc(-c2ccccc2Oc2ccc3c(c2)CC(N)(C=O)CC3)c1. The highest BCUT2D eigenvalue weighted by molar-refractivity contribution is 5.74. The predicted octanol–water partition coefficient (Wildman–Crippen LogP) is 4.60. The van der Waals surface area contributed by atoms with E-state index in [0.29, 0.717) is 12.8 Å². The largest absolute Gasteiger partial charge is 0.457 e. The number of aldehydes is 1. The Morgan fingerprint density at radius 2 is 1.83 bits per heavy atom. The topological polar surface area (TPSA) is 55.6 Å². The summed E-state index contributed by atoms with van der Waals surface area (Å²) in [5, 5.41) is 0. The summed E-state index contributed by atoms with van der Waals surface area (Å²) in [6.07, 6.45) is 2.94. The molecule has 29 heavy (non-hydrogen) atoms. The maximum atomic E-state index is 11.4. The van der Waals surface area contributed by atoms with Crippen molar-refractivity contribution in [2.75, 3.05) is 19.0 Å². The quantitative estimate of drug-likeness (QED) is 0.651. The number of nitrogens with two attached hydrogens (primary N) is 1. The number of hydrogen-bond acceptors (Lipinski definition) is 4. The van der Waals surface area contributed by atoms with E-state index in [1.54, 1.807) is 0 Å². The molecule has 1 atom stereocenters.